The Balaban J connectivity index is 1.57. The summed E-state index contributed by atoms with van der Waals surface area (Å²) in [6.45, 7) is 3.86. The van der Waals surface area contributed by atoms with Gasteiger partial charge in [0.05, 0.1) is 28.6 Å². The summed E-state index contributed by atoms with van der Waals surface area (Å²) in [4.78, 5) is 24.3. The predicted octanol–water partition coefficient (Wildman–Crippen LogP) is 2.75. The minimum Gasteiger partial charge on any atom is -0.348 e. The van der Waals surface area contributed by atoms with Gasteiger partial charge in [-0.3, -0.25) is 14.9 Å². The standard InChI is InChI=1S/C20H22ClN3O3/c21-19-9-8-17(24(26)27)12-18(19)20(25)22-13-15-4-6-16(7-5-15)14-23-10-2-1-3-11-23/h4-9,12H,1-3,10-11,13-14H2,(H,22,25)/p+1. The van der Waals surface area contributed by atoms with Gasteiger partial charge in [0, 0.05) is 24.2 Å². The monoisotopic (exact) mass is 388 g/mol. The number of carbonyl (C=O) groups excluding carboxylic acids is 1. The van der Waals surface area contributed by atoms with Crippen molar-refractivity contribution in [1.29, 1.82) is 0 Å². The lowest BCUT2D eigenvalue weighted by atomic mass is 10.1. The molecule has 142 valence electrons. The van der Waals surface area contributed by atoms with Crippen molar-refractivity contribution in [3.8, 4) is 0 Å². The van der Waals surface area contributed by atoms with Crippen LogP contribution in [0.15, 0.2) is 42.5 Å². The molecule has 2 aromatic rings. The molecule has 3 rings (SSSR count). The summed E-state index contributed by atoms with van der Waals surface area (Å²) < 4.78 is 0. The molecule has 1 saturated heterocycles. The number of nitro groups is 1. The first-order valence-corrected chi connectivity index (χ1v) is 9.54. The van der Waals surface area contributed by atoms with E-state index < -0.39 is 10.8 Å². The van der Waals surface area contributed by atoms with E-state index in [1.54, 1.807) is 4.90 Å². The van der Waals surface area contributed by atoms with Crippen LogP contribution in [0.25, 0.3) is 0 Å². The van der Waals surface area contributed by atoms with Crippen LogP contribution in [0.2, 0.25) is 5.02 Å². The fourth-order valence-corrected chi connectivity index (χ4v) is 3.57. The number of hydrogen-bond acceptors (Lipinski definition) is 3. The Kier molecular flexibility index (Phi) is 6.42. The van der Waals surface area contributed by atoms with E-state index in [1.807, 2.05) is 12.1 Å². The molecule has 7 heteroatoms. The summed E-state index contributed by atoms with van der Waals surface area (Å²) >= 11 is 6.01. The molecular formula is C20H23ClN3O3+. The van der Waals surface area contributed by atoms with Gasteiger partial charge >= 0.3 is 0 Å². The molecule has 1 aliphatic heterocycles. The Morgan fingerprint density at radius 2 is 1.74 bits per heavy atom. The van der Waals surface area contributed by atoms with Gasteiger partial charge in [-0.1, -0.05) is 35.9 Å². The van der Waals surface area contributed by atoms with E-state index in [-0.39, 0.29) is 16.3 Å². The number of rotatable bonds is 6. The molecule has 1 heterocycles. The fourth-order valence-electron chi connectivity index (χ4n) is 3.37. The van der Waals surface area contributed by atoms with Crippen LogP contribution in [0.1, 0.15) is 40.7 Å². The van der Waals surface area contributed by atoms with Crippen molar-refractivity contribution in [3.05, 3.63) is 74.3 Å². The van der Waals surface area contributed by atoms with Gasteiger partial charge in [-0.25, -0.2) is 0 Å². The van der Waals surface area contributed by atoms with Gasteiger partial charge in [0.25, 0.3) is 11.6 Å². The summed E-state index contributed by atoms with van der Waals surface area (Å²) in [5.41, 5.74) is 2.22. The molecule has 0 aliphatic carbocycles. The molecule has 2 N–H and O–H groups in total. The molecule has 0 bridgehead atoms. The Morgan fingerprint density at radius 3 is 2.41 bits per heavy atom. The Bertz CT molecular complexity index is 818. The van der Waals surface area contributed by atoms with Gasteiger partial charge in [0.1, 0.15) is 6.54 Å². The molecule has 0 atom stereocenters. The maximum atomic E-state index is 12.3. The molecule has 0 aromatic heterocycles. The highest BCUT2D eigenvalue weighted by Gasteiger charge is 2.16. The number of likely N-dealkylation sites (tertiary alicyclic amines) is 1. The number of amides is 1. The van der Waals surface area contributed by atoms with E-state index in [0.717, 1.165) is 12.1 Å². The third kappa shape index (κ3) is 5.28. The first-order valence-electron chi connectivity index (χ1n) is 9.16. The van der Waals surface area contributed by atoms with Crippen molar-refractivity contribution in [3.63, 3.8) is 0 Å². The first kappa shape index (κ1) is 19.3. The lowest BCUT2D eigenvalue weighted by Gasteiger charge is -2.23. The number of nitrogens with zero attached hydrogens (tertiary/aromatic N) is 1. The molecule has 1 aliphatic rings. The number of piperidine rings is 1. The van der Waals surface area contributed by atoms with Crippen LogP contribution in [-0.2, 0) is 13.1 Å². The summed E-state index contributed by atoms with van der Waals surface area (Å²) in [6.07, 6.45) is 3.95. The number of nitro benzene ring substituents is 1. The topological polar surface area (TPSA) is 76.7 Å². The van der Waals surface area contributed by atoms with E-state index in [4.69, 9.17) is 11.6 Å². The zero-order valence-electron chi connectivity index (χ0n) is 15.0. The van der Waals surface area contributed by atoms with Gasteiger partial charge in [-0.15, -0.1) is 0 Å². The lowest BCUT2D eigenvalue weighted by molar-refractivity contribution is -0.918. The van der Waals surface area contributed by atoms with E-state index in [1.165, 1.54) is 56.1 Å². The SMILES string of the molecule is O=C(NCc1ccc(C[NH+]2CCCCC2)cc1)c1cc([N+](=O)[O-])ccc1Cl. The number of carbonyl (C=O) groups is 1. The third-order valence-corrected chi connectivity index (χ3v) is 5.23. The molecule has 0 unspecified atom stereocenters. The van der Waals surface area contributed by atoms with E-state index in [9.17, 15) is 14.9 Å². The zero-order chi connectivity index (χ0) is 19.2. The maximum Gasteiger partial charge on any atom is 0.270 e. The minimum atomic E-state index is -0.545. The summed E-state index contributed by atoms with van der Waals surface area (Å²) in [7, 11) is 0. The van der Waals surface area contributed by atoms with Crippen molar-refractivity contribution >= 4 is 23.2 Å². The number of nitrogens with one attached hydrogen (secondary N) is 2. The van der Waals surface area contributed by atoms with Crippen molar-refractivity contribution < 1.29 is 14.6 Å². The summed E-state index contributed by atoms with van der Waals surface area (Å²) in [5.74, 6) is -0.425. The number of benzene rings is 2. The predicted molar refractivity (Wildman–Crippen MR) is 104 cm³/mol. The Labute approximate surface area is 163 Å². The maximum absolute atomic E-state index is 12.3. The minimum absolute atomic E-state index is 0.108. The lowest BCUT2D eigenvalue weighted by Crippen LogP contribution is -3.11. The van der Waals surface area contributed by atoms with Crippen LogP contribution in [0.5, 0.6) is 0 Å². The molecule has 1 fully saturated rings. The quantitative estimate of drug-likeness (QED) is 0.590. The number of non-ortho nitro benzene ring substituents is 1. The first-order chi connectivity index (χ1) is 13.0. The van der Waals surface area contributed by atoms with E-state index in [0.29, 0.717) is 6.54 Å². The van der Waals surface area contributed by atoms with E-state index >= 15 is 0 Å². The Morgan fingerprint density at radius 1 is 1.07 bits per heavy atom. The molecular weight excluding hydrogens is 366 g/mol. The summed E-state index contributed by atoms with van der Waals surface area (Å²) in [5, 5.41) is 13.8. The number of halogens is 1. The molecule has 6 nitrogen and oxygen atoms in total. The highest BCUT2D eigenvalue weighted by Crippen LogP contribution is 2.22. The van der Waals surface area contributed by atoms with Crippen LogP contribution in [0, 0.1) is 10.1 Å². The molecule has 1 amide bonds. The smallest absolute Gasteiger partial charge is 0.270 e. The van der Waals surface area contributed by atoms with Crippen LogP contribution < -0.4 is 10.2 Å². The van der Waals surface area contributed by atoms with Crippen LogP contribution in [0.3, 0.4) is 0 Å². The van der Waals surface area contributed by atoms with Crippen LogP contribution >= 0.6 is 11.6 Å². The molecule has 0 radical (unpaired) electrons. The molecule has 0 spiro atoms. The fraction of sp³-hybridized carbons (Fsp3) is 0.350. The highest BCUT2D eigenvalue weighted by atomic mass is 35.5. The van der Waals surface area contributed by atoms with Crippen molar-refractivity contribution in [2.24, 2.45) is 0 Å². The normalized spacial score (nSPS) is 14.7. The zero-order valence-corrected chi connectivity index (χ0v) is 15.8. The van der Waals surface area contributed by atoms with Crippen molar-refractivity contribution in [2.75, 3.05) is 13.1 Å². The average molecular weight is 389 g/mol. The largest absolute Gasteiger partial charge is 0.348 e. The van der Waals surface area contributed by atoms with Gasteiger partial charge in [-0.2, -0.15) is 0 Å². The summed E-state index contributed by atoms with van der Waals surface area (Å²) in [6, 6.07) is 12.1. The highest BCUT2D eigenvalue weighted by molar-refractivity contribution is 6.33. The average Bonchev–Trinajstić information content (AvgIpc) is 2.68. The number of hydrogen-bond donors (Lipinski definition) is 2. The van der Waals surface area contributed by atoms with Gasteiger partial charge in [-0.05, 0) is 30.9 Å². The third-order valence-electron chi connectivity index (χ3n) is 4.90. The van der Waals surface area contributed by atoms with Gasteiger partial charge in [0.15, 0.2) is 0 Å². The molecule has 2 aromatic carbocycles. The second-order valence-electron chi connectivity index (χ2n) is 6.91. The second-order valence-corrected chi connectivity index (χ2v) is 7.32. The second kappa shape index (κ2) is 8.97. The van der Waals surface area contributed by atoms with Gasteiger partial charge < -0.3 is 10.2 Å². The Hall–Kier alpha value is -2.44. The van der Waals surface area contributed by atoms with Crippen LogP contribution in [-0.4, -0.2) is 23.9 Å². The number of quaternary nitrogens is 1. The molecule has 0 saturated carbocycles. The van der Waals surface area contributed by atoms with Crippen LogP contribution in [0.4, 0.5) is 5.69 Å². The van der Waals surface area contributed by atoms with Gasteiger partial charge in [0.2, 0.25) is 0 Å². The van der Waals surface area contributed by atoms with E-state index in [2.05, 4.69) is 17.4 Å². The van der Waals surface area contributed by atoms with Crippen molar-refractivity contribution in [1.82, 2.24) is 5.32 Å². The molecule has 27 heavy (non-hydrogen) atoms. The van der Waals surface area contributed by atoms with Crippen molar-refractivity contribution in [2.45, 2.75) is 32.4 Å².